The van der Waals surface area contributed by atoms with Crippen molar-refractivity contribution in [3.8, 4) is 0 Å². The largest absolute Gasteiger partial charge is 0.461 e. The Morgan fingerprint density at radius 1 is 1.24 bits per heavy atom. The zero-order chi connectivity index (χ0) is 19.3. The van der Waals surface area contributed by atoms with Crippen molar-refractivity contribution >= 4 is 11.8 Å². The molecule has 0 aromatic rings. The summed E-state index contributed by atoms with van der Waals surface area (Å²) in [5.41, 5.74) is 1.14. The maximum atomic E-state index is 12.6. The van der Waals surface area contributed by atoms with E-state index in [4.69, 9.17) is 4.74 Å². The molecule has 0 spiro atoms. The lowest BCUT2D eigenvalue weighted by molar-refractivity contribution is -0.191. The molecule has 1 aliphatic heterocycles. The number of esters is 1. The van der Waals surface area contributed by atoms with Crippen LogP contribution in [0.25, 0.3) is 0 Å². The summed E-state index contributed by atoms with van der Waals surface area (Å²) in [6.07, 6.45) is 3.90. The minimum absolute atomic E-state index is 0.00185. The summed E-state index contributed by atoms with van der Waals surface area (Å²) >= 11 is 0. The number of aliphatic hydroxyl groups excluding tert-OH is 1. The molecule has 1 heterocycles. The van der Waals surface area contributed by atoms with E-state index in [2.05, 4.69) is 6.92 Å². The minimum atomic E-state index is -0.590. The van der Waals surface area contributed by atoms with E-state index in [1.807, 2.05) is 47.6 Å². The lowest BCUT2D eigenvalue weighted by atomic mass is 9.81. The molecule has 1 N–H and O–H groups in total. The Hall–Kier alpha value is -1.16. The first-order chi connectivity index (χ1) is 11.6. The molecule has 1 saturated heterocycles. The number of aliphatic hydroxyl groups is 1. The van der Waals surface area contributed by atoms with Crippen molar-refractivity contribution in [1.29, 1.82) is 0 Å². The Labute approximate surface area is 153 Å². The van der Waals surface area contributed by atoms with Gasteiger partial charge in [0.1, 0.15) is 11.9 Å². The van der Waals surface area contributed by atoms with Gasteiger partial charge in [0.15, 0.2) is 0 Å². The molecule has 7 atom stereocenters. The topological polar surface area (TPSA) is 63.6 Å². The molecule has 144 valence electrons. The van der Waals surface area contributed by atoms with Gasteiger partial charge >= 0.3 is 5.97 Å². The fraction of sp³-hybridized carbons (Fsp3) is 0.810. The van der Waals surface area contributed by atoms with E-state index in [9.17, 15) is 14.7 Å². The summed E-state index contributed by atoms with van der Waals surface area (Å²) in [4.78, 5) is 24.0. The number of ether oxygens (including phenoxy) is 1. The molecule has 0 saturated carbocycles. The zero-order valence-corrected chi connectivity index (χ0v) is 16.9. The molecule has 1 fully saturated rings. The SMILES string of the molecule is CCC1C(=O)OC1[C@@H](C)C/C(C)=C/[C@@H](C)C(=O)[C@@H](C)[C@H](O)[C@@H](C)CC. The molecular formula is C21H36O4. The van der Waals surface area contributed by atoms with Crippen molar-refractivity contribution in [2.45, 2.75) is 79.9 Å². The zero-order valence-electron chi connectivity index (χ0n) is 16.9. The summed E-state index contributed by atoms with van der Waals surface area (Å²) in [5, 5.41) is 10.3. The first-order valence-electron chi connectivity index (χ1n) is 9.73. The third kappa shape index (κ3) is 5.40. The van der Waals surface area contributed by atoms with E-state index in [0.717, 1.165) is 24.8 Å². The van der Waals surface area contributed by atoms with Crippen LogP contribution in [0.4, 0.5) is 0 Å². The van der Waals surface area contributed by atoms with Gasteiger partial charge in [-0.2, -0.15) is 0 Å². The van der Waals surface area contributed by atoms with Crippen LogP contribution in [-0.2, 0) is 14.3 Å². The van der Waals surface area contributed by atoms with Gasteiger partial charge in [-0.3, -0.25) is 9.59 Å². The van der Waals surface area contributed by atoms with Gasteiger partial charge in [-0.05, 0) is 31.6 Å². The first-order valence-corrected chi connectivity index (χ1v) is 9.73. The highest BCUT2D eigenvalue weighted by atomic mass is 16.6. The average Bonchev–Trinajstić information content (AvgIpc) is 2.56. The number of hydrogen-bond acceptors (Lipinski definition) is 4. The highest BCUT2D eigenvalue weighted by molar-refractivity contribution is 5.85. The molecule has 0 aromatic heterocycles. The molecule has 1 aliphatic rings. The Morgan fingerprint density at radius 3 is 2.32 bits per heavy atom. The van der Waals surface area contributed by atoms with Gasteiger partial charge in [-0.1, -0.05) is 59.6 Å². The third-order valence-corrected chi connectivity index (χ3v) is 5.77. The second-order valence-electron chi connectivity index (χ2n) is 7.97. The molecule has 0 amide bonds. The van der Waals surface area contributed by atoms with Gasteiger partial charge in [0, 0.05) is 11.8 Å². The second kappa shape index (κ2) is 9.51. The van der Waals surface area contributed by atoms with Crippen LogP contribution in [0.2, 0.25) is 0 Å². The highest BCUT2D eigenvalue weighted by Gasteiger charge is 2.43. The van der Waals surface area contributed by atoms with E-state index in [-0.39, 0.29) is 47.4 Å². The summed E-state index contributed by atoms with van der Waals surface area (Å²) < 4.78 is 5.30. The van der Waals surface area contributed by atoms with Crippen LogP contribution in [0.5, 0.6) is 0 Å². The quantitative estimate of drug-likeness (QED) is 0.474. The lowest BCUT2D eigenvalue weighted by Gasteiger charge is -2.38. The molecule has 4 heteroatoms. The maximum absolute atomic E-state index is 12.6. The number of allylic oxidation sites excluding steroid dienone is 2. The maximum Gasteiger partial charge on any atom is 0.313 e. The smallest absolute Gasteiger partial charge is 0.313 e. The van der Waals surface area contributed by atoms with Crippen LogP contribution in [-0.4, -0.2) is 29.1 Å². The van der Waals surface area contributed by atoms with Crippen molar-refractivity contribution in [2.24, 2.45) is 29.6 Å². The van der Waals surface area contributed by atoms with E-state index in [0.29, 0.717) is 0 Å². The predicted molar refractivity (Wildman–Crippen MR) is 100.0 cm³/mol. The summed E-state index contributed by atoms with van der Waals surface area (Å²) in [5.74, 6) is -0.179. The number of cyclic esters (lactones) is 1. The standard InChI is InChI=1S/C21H36O4/c1-8-13(4)18(22)16(7)19(23)14(5)10-12(3)11-15(6)20-17(9-2)21(24)25-20/h10,13-18,20,22H,8-9,11H2,1-7H3/b12-10+/t13-,14+,15-,16-,17?,18+,20?/m0/s1. The molecule has 4 nitrogen and oxygen atoms in total. The van der Waals surface area contributed by atoms with Crippen molar-refractivity contribution < 1.29 is 19.4 Å². The number of rotatable bonds is 10. The van der Waals surface area contributed by atoms with Gasteiger partial charge in [0.05, 0.1) is 12.0 Å². The van der Waals surface area contributed by atoms with Crippen molar-refractivity contribution in [3.63, 3.8) is 0 Å². The monoisotopic (exact) mass is 352 g/mol. The molecule has 2 unspecified atom stereocenters. The molecule has 0 aliphatic carbocycles. The van der Waals surface area contributed by atoms with E-state index >= 15 is 0 Å². The molecular weight excluding hydrogens is 316 g/mol. The Bertz CT molecular complexity index is 496. The van der Waals surface area contributed by atoms with E-state index < -0.39 is 6.10 Å². The molecule has 0 radical (unpaired) electrons. The van der Waals surface area contributed by atoms with Gasteiger partial charge in [0.25, 0.3) is 0 Å². The van der Waals surface area contributed by atoms with Crippen LogP contribution in [0.15, 0.2) is 11.6 Å². The van der Waals surface area contributed by atoms with E-state index in [1.54, 1.807) is 0 Å². The van der Waals surface area contributed by atoms with Gasteiger partial charge < -0.3 is 9.84 Å². The normalized spacial score (nSPS) is 26.9. The highest BCUT2D eigenvalue weighted by Crippen LogP contribution is 2.34. The number of ketones is 1. The second-order valence-corrected chi connectivity index (χ2v) is 7.97. The van der Waals surface area contributed by atoms with Crippen LogP contribution in [0.1, 0.15) is 67.7 Å². The fourth-order valence-electron chi connectivity index (χ4n) is 3.80. The van der Waals surface area contributed by atoms with Crippen LogP contribution >= 0.6 is 0 Å². The van der Waals surface area contributed by atoms with E-state index in [1.165, 1.54) is 0 Å². The summed E-state index contributed by atoms with van der Waals surface area (Å²) in [6.45, 7) is 13.9. The number of Topliss-reactive ketones (excluding diaryl/α,β-unsaturated/α-hetero) is 1. The van der Waals surface area contributed by atoms with Gasteiger partial charge in [0.2, 0.25) is 0 Å². The van der Waals surface area contributed by atoms with Crippen LogP contribution in [0.3, 0.4) is 0 Å². The van der Waals surface area contributed by atoms with Crippen molar-refractivity contribution in [2.75, 3.05) is 0 Å². The fourth-order valence-corrected chi connectivity index (χ4v) is 3.80. The lowest BCUT2D eigenvalue weighted by Crippen LogP contribution is -2.48. The Morgan fingerprint density at radius 2 is 1.84 bits per heavy atom. The van der Waals surface area contributed by atoms with Crippen LogP contribution in [0, 0.1) is 29.6 Å². The number of carbonyl (C=O) groups excluding carboxylic acids is 2. The van der Waals surface area contributed by atoms with Gasteiger partial charge in [-0.25, -0.2) is 0 Å². The predicted octanol–water partition coefficient (Wildman–Crippen LogP) is 4.16. The summed E-state index contributed by atoms with van der Waals surface area (Å²) in [6, 6.07) is 0. The molecule has 25 heavy (non-hydrogen) atoms. The minimum Gasteiger partial charge on any atom is -0.461 e. The molecule has 0 bridgehead atoms. The average molecular weight is 353 g/mol. The van der Waals surface area contributed by atoms with Gasteiger partial charge in [-0.15, -0.1) is 0 Å². The third-order valence-electron chi connectivity index (χ3n) is 5.77. The Balaban J connectivity index is 2.62. The van der Waals surface area contributed by atoms with Crippen molar-refractivity contribution in [3.05, 3.63) is 11.6 Å². The first kappa shape index (κ1) is 21.9. The van der Waals surface area contributed by atoms with Crippen LogP contribution < -0.4 is 0 Å². The number of carbonyl (C=O) groups is 2. The summed E-state index contributed by atoms with van der Waals surface area (Å²) in [7, 11) is 0. The molecule has 0 aromatic carbocycles. The van der Waals surface area contributed by atoms with Crippen molar-refractivity contribution in [1.82, 2.24) is 0 Å². The Kier molecular flexibility index (Phi) is 8.33. The number of hydrogen-bond donors (Lipinski definition) is 1. The molecule has 1 rings (SSSR count).